The van der Waals surface area contributed by atoms with Crippen LogP contribution in [0.1, 0.15) is 57.7 Å². The quantitative estimate of drug-likeness (QED) is 0.409. The Hall–Kier alpha value is -3.05. The van der Waals surface area contributed by atoms with Crippen LogP contribution in [0.4, 0.5) is 4.79 Å². The van der Waals surface area contributed by atoms with Crippen LogP contribution in [0.25, 0.3) is 0 Å². The number of nitrogens with one attached hydrogen (secondary N) is 2. The predicted molar refractivity (Wildman–Crippen MR) is 118 cm³/mol. The van der Waals surface area contributed by atoms with Crippen LogP contribution >= 0.6 is 0 Å². The summed E-state index contributed by atoms with van der Waals surface area (Å²) in [6.45, 7) is 6.88. The number of hydrogen-bond donors (Lipinski definition) is 3. The Kier molecular flexibility index (Phi) is 10.0. The molecule has 0 heterocycles. The second kappa shape index (κ2) is 12.0. The number of likely N-dealkylation sites (N-methyl/N-ethyl adjacent to an activating group) is 1. The first-order valence-electron chi connectivity index (χ1n) is 10.2. The van der Waals surface area contributed by atoms with Gasteiger partial charge in [0.25, 0.3) is 0 Å². The van der Waals surface area contributed by atoms with Crippen molar-refractivity contribution < 1.29 is 24.2 Å². The van der Waals surface area contributed by atoms with Crippen LogP contribution in [0.2, 0.25) is 0 Å². The number of rotatable bonds is 9. The highest BCUT2D eigenvalue weighted by Crippen LogP contribution is 2.21. The number of carbonyl (C=O) groups excluding carboxylic acids is 3. The molecule has 0 fully saturated rings. The molecule has 31 heavy (non-hydrogen) atoms. The van der Waals surface area contributed by atoms with E-state index in [0.29, 0.717) is 17.7 Å². The summed E-state index contributed by atoms with van der Waals surface area (Å²) in [6.07, 6.45) is 6.26. The monoisotopic (exact) mass is 431 g/mol. The summed E-state index contributed by atoms with van der Waals surface area (Å²) in [4.78, 5) is 39.2. The number of ether oxygens (including phenoxy) is 1. The van der Waals surface area contributed by atoms with Crippen LogP contribution < -0.4 is 10.6 Å². The first-order valence-corrected chi connectivity index (χ1v) is 10.2. The molecular formula is C23H33N3O5. The maximum absolute atomic E-state index is 13.0. The molecule has 2 atom stereocenters. The fraction of sp³-hybridized carbons (Fsp3) is 0.522. The lowest BCUT2D eigenvalue weighted by Gasteiger charge is -2.31. The molecule has 1 aromatic rings. The predicted octanol–water partition coefficient (Wildman–Crippen LogP) is 1.97. The van der Waals surface area contributed by atoms with E-state index in [0.717, 1.165) is 12.8 Å². The number of terminal acetylenes is 1. The molecule has 8 heteroatoms. The van der Waals surface area contributed by atoms with Crippen LogP contribution in [0.15, 0.2) is 24.3 Å². The molecule has 3 amide bonds. The van der Waals surface area contributed by atoms with Crippen molar-refractivity contribution in [2.75, 3.05) is 20.2 Å². The van der Waals surface area contributed by atoms with Crippen LogP contribution in [-0.4, -0.2) is 59.8 Å². The van der Waals surface area contributed by atoms with Gasteiger partial charge in [0, 0.05) is 19.2 Å². The molecule has 8 nitrogen and oxygen atoms in total. The molecule has 1 aromatic carbocycles. The van der Waals surface area contributed by atoms with Crippen LogP contribution in [-0.2, 0) is 14.3 Å². The van der Waals surface area contributed by atoms with Crippen molar-refractivity contribution in [1.29, 1.82) is 0 Å². The Morgan fingerprint density at radius 3 is 2.32 bits per heavy atom. The molecule has 3 N–H and O–H groups in total. The molecule has 170 valence electrons. The minimum Gasteiger partial charge on any atom is -0.444 e. The Balaban J connectivity index is 3.11. The lowest BCUT2D eigenvalue weighted by molar-refractivity contribution is -0.141. The Bertz CT molecular complexity index is 793. The number of carbonyl (C=O) groups is 3. The number of amides is 3. The van der Waals surface area contributed by atoms with E-state index in [1.807, 2.05) is 6.92 Å². The van der Waals surface area contributed by atoms with Gasteiger partial charge in [-0.15, -0.1) is 6.42 Å². The highest BCUT2D eigenvalue weighted by molar-refractivity contribution is 5.92. The van der Waals surface area contributed by atoms with Gasteiger partial charge in [0.2, 0.25) is 11.8 Å². The Labute approximate surface area is 184 Å². The number of aliphatic hydroxyl groups excluding tert-OH is 1. The maximum atomic E-state index is 13.0. The summed E-state index contributed by atoms with van der Waals surface area (Å²) in [7, 11) is 1.45. The number of unbranched alkanes of at least 4 members (excludes halogenated alkanes) is 1. The molecule has 0 spiro atoms. The van der Waals surface area contributed by atoms with E-state index in [-0.39, 0.29) is 5.91 Å². The van der Waals surface area contributed by atoms with E-state index in [2.05, 4.69) is 16.6 Å². The van der Waals surface area contributed by atoms with Gasteiger partial charge in [0.05, 0.1) is 6.61 Å². The van der Waals surface area contributed by atoms with Crippen molar-refractivity contribution in [3.05, 3.63) is 35.4 Å². The zero-order valence-electron chi connectivity index (χ0n) is 18.9. The summed E-state index contributed by atoms with van der Waals surface area (Å²) in [5.41, 5.74) is 0.431. The summed E-state index contributed by atoms with van der Waals surface area (Å²) in [6, 6.07) is 4.49. The van der Waals surface area contributed by atoms with Crippen LogP contribution in [0.5, 0.6) is 0 Å². The molecule has 0 aliphatic heterocycles. The van der Waals surface area contributed by atoms with E-state index in [1.54, 1.807) is 45.0 Å². The standard InChI is InChI=1S/C23H33N3O5/c1-7-9-14-24-20(28)19(17-12-10-16(8-2)11-13-17)26(6)21(29)18(15-27)25-22(30)31-23(3,4)5/h2,10-13,18-19,27H,7,9,14-15H2,1,3-6H3,(H,24,28)(H,25,30). The molecule has 0 aliphatic carbocycles. The molecule has 0 saturated carbocycles. The van der Waals surface area contributed by atoms with Crippen molar-refractivity contribution in [1.82, 2.24) is 15.5 Å². The molecule has 0 aliphatic rings. The fourth-order valence-electron chi connectivity index (χ4n) is 2.81. The van der Waals surface area contributed by atoms with Gasteiger partial charge in [0.1, 0.15) is 17.7 Å². The maximum Gasteiger partial charge on any atom is 0.408 e. The van der Waals surface area contributed by atoms with Crippen LogP contribution in [0, 0.1) is 12.3 Å². The number of hydrogen-bond acceptors (Lipinski definition) is 5. The summed E-state index contributed by atoms with van der Waals surface area (Å²) in [5.74, 6) is 1.51. The average Bonchev–Trinajstić information content (AvgIpc) is 2.71. The van der Waals surface area contributed by atoms with E-state index < -0.39 is 36.3 Å². The van der Waals surface area contributed by atoms with Crippen molar-refractivity contribution in [3.8, 4) is 12.3 Å². The highest BCUT2D eigenvalue weighted by Gasteiger charge is 2.33. The molecule has 1 rings (SSSR count). The summed E-state index contributed by atoms with van der Waals surface area (Å²) in [5, 5.41) is 14.9. The fourth-order valence-corrected chi connectivity index (χ4v) is 2.81. The third kappa shape index (κ3) is 8.30. The topological polar surface area (TPSA) is 108 Å². The molecule has 2 unspecified atom stereocenters. The zero-order chi connectivity index (χ0) is 23.6. The molecule has 0 aromatic heterocycles. The third-order valence-corrected chi connectivity index (χ3v) is 4.38. The minimum absolute atomic E-state index is 0.369. The number of benzene rings is 1. The lowest BCUT2D eigenvalue weighted by Crippen LogP contribution is -2.53. The first-order chi connectivity index (χ1) is 14.5. The van der Waals surface area contributed by atoms with Gasteiger partial charge in [-0.05, 0) is 44.9 Å². The smallest absolute Gasteiger partial charge is 0.408 e. The van der Waals surface area contributed by atoms with E-state index in [1.165, 1.54) is 11.9 Å². The van der Waals surface area contributed by atoms with Crippen LogP contribution in [0.3, 0.4) is 0 Å². The van der Waals surface area contributed by atoms with E-state index in [4.69, 9.17) is 11.2 Å². The molecular weight excluding hydrogens is 398 g/mol. The average molecular weight is 432 g/mol. The third-order valence-electron chi connectivity index (χ3n) is 4.38. The van der Waals surface area contributed by atoms with Gasteiger partial charge >= 0.3 is 6.09 Å². The second-order valence-electron chi connectivity index (χ2n) is 8.14. The molecule has 0 radical (unpaired) electrons. The number of aliphatic hydroxyl groups is 1. The Morgan fingerprint density at radius 1 is 1.23 bits per heavy atom. The first kappa shape index (κ1) is 26.0. The van der Waals surface area contributed by atoms with Gasteiger partial charge in [-0.3, -0.25) is 9.59 Å². The Morgan fingerprint density at radius 2 is 1.84 bits per heavy atom. The van der Waals surface area contributed by atoms with Crippen molar-refractivity contribution in [3.63, 3.8) is 0 Å². The van der Waals surface area contributed by atoms with E-state index >= 15 is 0 Å². The number of nitrogens with zero attached hydrogens (tertiary/aromatic N) is 1. The van der Waals surface area contributed by atoms with Crippen molar-refractivity contribution >= 4 is 17.9 Å². The highest BCUT2D eigenvalue weighted by atomic mass is 16.6. The van der Waals surface area contributed by atoms with Gasteiger partial charge in [-0.25, -0.2) is 4.79 Å². The van der Waals surface area contributed by atoms with Crippen molar-refractivity contribution in [2.24, 2.45) is 0 Å². The molecule has 0 saturated heterocycles. The van der Waals surface area contributed by atoms with Gasteiger partial charge in [-0.1, -0.05) is 31.4 Å². The van der Waals surface area contributed by atoms with Crippen molar-refractivity contribution in [2.45, 2.75) is 58.2 Å². The van der Waals surface area contributed by atoms with E-state index in [9.17, 15) is 19.5 Å². The molecule has 0 bridgehead atoms. The SMILES string of the molecule is C#Cc1ccc(C(C(=O)NCCCC)N(C)C(=O)C(CO)NC(=O)OC(C)(C)C)cc1. The summed E-state index contributed by atoms with van der Waals surface area (Å²) < 4.78 is 5.15. The number of alkyl carbamates (subject to hydrolysis) is 1. The summed E-state index contributed by atoms with van der Waals surface area (Å²) >= 11 is 0. The van der Waals surface area contributed by atoms with Gasteiger partial charge in [0.15, 0.2) is 0 Å². The zero-order valence-corrected chi connectivity index (χ0v) is 18.9. The van der Waals surface area contributed by atoms with Gasteiger partial charge < -0.3 is 25.4 Å². The second-order valence-corrected chi connectivity index (χ2v) is 8.14. The van der Waals surface area contributed by atoms with Gasteiger partial charge in [-0.2, -0.15) is 0 Å². The lowest BCUT2D eigenvalue weighted by atomic mass is 10.0. The normalized spacial score (nSPS) is 12.8. The largest absolute Gasteiger partial charge is 0.444 e. The minimum atomic E-state index is -1.27.